The summed E-state index contributed by atoms with van der Waals surface area (Å²) in [6.07, 6.45) is 1.69. The van der Waals surface area contributed by atoms with Gasteiger partial charge in [0.05, 0.1) is 17.0 Å². The summed E-state index contributed by atoms with van der Waals surface area (Å²) >= 11 is 0. The maximum Gasteiger partial charge on any atom is 0.241 e. The molecule has 0 unspecified atom stereocenters. The van der Waals surface area contributed by atoms with Crippen LogP contribution in [0.2, 0.25) is 0 Å². The number of hydrogen-bond donors (Lipinski definition) is 2. The van der Waals surface area contributed by atoms with Gasteiger partial charge in [0.25, 0.3) is 0 Å². The fourth-order valence-corrected chi connectivity index (χ4v) is 6.09. The van der Waals surface area contributed by atoms with Crippen molar-refractivity contribution in [3.8, 4) is 5.75 Å². The van der Waals surface area contributed by atoms with Crippen molar-refractivity contribution in [1.82, 2.24) is 4.72 Å². The van der Waals surface area contributed by atoms with E-state index in [-0.39, 0.29) is 21.5 Å². The molecule has 5 nitrogen and oxygen atoms in total. The van der Waals surface area contributed by atoms with E-state index >= 15 is 0 Å². The quantitative estimate of drug-likeness (QED) is 0.206. The lowest BCUT2D eigenvalue weighted by Crippen LogP contribution is -2.32. The predicted molar refractivity (Wildman–Crippen MR) is 173 cm³/mol. The Morgan fingerprint density at radius 3 is 1.83 bits per heavy atom. The lowest BCUT2D eigenvalue weighted by Gasteiger charge is -2.28. The van der Waals surface area contributed by atoms with Crippen LogP contribution in [0.4, 0.5) is 0 Å². The van der Waals surface area contributed by atoms with Gasteiger partial charge in [-0.25, -0.2) is 13.1 Å². The molecule has 0 aliphatic rings. The molecule has 42 heavy (non-hydrogen) atoms. The zero-order valence-electron chi connectivity index (χ0n) is 25.6. The third-order valence-electron chi connectivity index (χ3n) is 7.42. The number of nitrogens with one attached hydrogen (secondary N) is 1. The van der Waals surface area contributed by atoms with E-state index in [1.165, 1.54) is 0 Å². The number of phenols is 1. The highest BCUT2D eigenvalue weighted by molar-refractivity contribution is 7.89. The van der Waals surface area contributed by atoms with E-state index in [1.54, 1.807) is 30.5 Å². The van der Waals surface area contributed by atoms with Crippen molar-refractivity contribution in [3.05, 3.63) is 130 Å². The highest BCUT2D eigenvalue weighted by atomic mass is 32.2. The first-order valence-electron chi connectivity index (χ1n) is 14.3. The van der Waals surface area contributed by atoms with Gasteiger partial charge in [0, 0.05) is 17.3 Å². The molecule has 4 aromatic rings. The van der Waals surface area contributed by atoms with Crippen LogP contribution in [-0.4, -0.2) is 19.7 Å². The van der Waals surface area contributed by atoms with Crippen molar-refractivity contribution in [2.24, 2.45) is 4.99 Å². The van der Waals surface area contributed by atoms with E-state index in [0.717, 1.165) is 27.8 Å². The van der Waals surface area contributed by atoms with Crippen LogP contribution in [0.1, 0.15) is 87.0 Å². The zero-order chi connectivity index (χ0) is 30.7. The third kappa shape index (κ3) is 7.36. The monoisotopic (exact) mass is 582 g/mol. The molecule has 4 rings (SSSR count). The molecule has 2 N–H and O–H groups in total. The number of aromatic hydroxyl groups is 1. The van der Waals surface area contributed by atoms with E-state index in [0.29, 0.717) is 5.56 Å². The van der Waals surface area contributed by atoms with Crippen molar-refractivity contribution in [2.75, 3.05) is 0 Å². The Kier molecular flexibility index (Phi) is 9.09. The van der Waals surface area contributed by atoms with Crippen LogP contribution in [0, 0.1) is 6.92 Å². The number of aliphatic imine (C=N–C) groups is 1. The number of benzene rings is 4. The number of phenolic OH excluding ortho intramolecular Hbond substituents is 1. The van der Waals surface area contributed by atoms with Crippen LogP contribution in [0.3, 0.4) is 0 Å². The van der Waals surface area contributed by atoms with Gasteiger partial charge in [0.2, 0.25) is 10.0 Å². The van der Waals surface area contributed by atoms with Gasteiger partial charge in [0.15, 0.2) is 0 Å². The second-order valence-electron chi connectivity index (χ2n) is 12.9. The smallest absolute Gasteiger partial charge is 0.241 e. The summed E-state index contributed by atoms with van der Waals surface area (Å²) < 4.78 is 30.4. The Bertz CT molecular complexity index is 1630. The lowest BCUT2D eigenvalue weighted by molar-refractivity contribution is 0.443. The summed E-state index contributed by atoms with van der Waals surface area (Å²) in [4.78, 5) is 5.22. The molecule has 6 heteroatoms. The molecule has 0 aliphatic carbocycles. The normalized spacial score (nSPS) is 14.2. The number of aryl methyl sites for hydroxylation is 1. The Morgan fingerprint density at radius 1 is 0.762 bits per heavy atom. The van der Waals surface area contributed by atoms with E-state index in [4.69, 9.17) is 4.99 Å². The largest absolute Gasteiger partial charge is 0.507 e. The highest BCUT2D eigenvalue weighted by Crippen LogP contribution is 2.38. The molecule has 0 radical (unpaired) electrons. The van der Waals surface area contributed by atoms with Gasteiger partial charge >= 0.3 is 0 Å². The van der Waals surface area contributed by atoms with Crippen LogP contribution < -0.4 is 4.72 Å². The first-order valence-corrected chi connectivity index (χ1v) is 15.8. The first kappa shape index (κ1) is 31.2. The number of hydrogen-bond acceptors (Lipinski definition) is 4. The average Bonchev–Trinajstić information content (AvgIpc) is 2.93. The molecular weight excluding hydrogens is 540 g/mol. The molecular formula is C36H42N2O3S. The fraction of sp³-hybridized carbons (Fsp3) is 0.306. The lowest BCUT2D eigenvalue weighted by atomic mass is 9.79. The molecule has 0 saturated carbocycles. The predicted octanol–water partition coefficient (Wildman–Crippen LogP) is 8.18. The van der Waals surface area contributed by atoms with Gasteiger partial charge in [0.1, 0.15) is 5.75 Å². The van der Waals surface area contributed by atoms with Crippen LogP contribution >= 0.6 is 0 Å². The summed E-state index contributed by atoms with van der Waals surface area (Å²) in [5.41, 5.74) is 4.69. The topological polar surface area (TPSA) is 78.8 Å². The summed E-state index contributed by atoms with van der Waals surface area (Å²) in [6.45, 7) is 14.6. The third-order valence-corrected chi connectivity index (χ3v) is 8.87. The molecule has 0 aromatic heterocycles. The van der Waals surface area contributed by atoms with Crippen LogP contribution in [0.5, 0.6) is 5.75 Å². The summed E-state index contributed by atoms with van der Waals surface area (Å²) in [6, 6.07) is 28.7. The van der Waals surface area contributed by atoms with Gasteiger partial charge in [-0.2, -0.15) is 0 Å². The van der Waals surface area contributed by atoms with Crippen molar-refractivity contribution >= 4 is 16.2 Å². The van der Waals surface area contributed by atoms with E-state index < -0.39 is 22.1 Å². The minimum atomic E-state index is -3.89. The van der Waals surface area contributed by atoms with Crippen molar-refractivity contribution in [2.45, 2.75) is 76.3 Å². The molecule has 0 heterocycles. The second kappa shape index (κ2) is 12.2. The summed E-state index contributed by atoms with van der Waals surface area (Å²) in [5, 5.41) is 11.4. The Hall–Kier alpha value is -3.74. The second-order valence-corrected chi connectivity index (χ2v) is 14.6. The first-order chi connectivity index (χ1) is 19.7. The van der Waals surface area contributed by atoms with Crippen LogP contribution in [0.25, 0.3) is 0 Å². The van der Waals surface area contributed by atoms with Gasteiger partial charge in [-0.3, -0.25) is 4.99 Å². The van der Waals surface area contributed by atoms with Gasteiger partial charge in [-0.15, -0.1) is 0 Å². The van der Waals surface area contributed by atoms with Gasteiger partial charge in [-0.05, 0) is 52.6 Å². The minimum Gasteiger partial charge on any atom is -0.507 e. The van der Waals surface area contributed by atoms with Crippen molar-refractivity contribution in [1.29, 1.82) is 0 Å². The summed E-state index contributed by atoms with van der Waals surface area (Å²) in [7, 11) is -3.89. The number of sulfonamides is 1. The average molecular weight is 583 g/mol. The molecule has 0 aliphatic heterocycles. The van der Waals surface area contributed by atoms with Crippen LogP contribution in [0.15, 0.2) is 107 Å². The maximum atomic E-state index is 13.7. The van der Waals surface area contributed by atoms with Crippen molar-refractivity contribution < 1.29 is 13.5 Å². The van der Waals surface area contributed by atoms with E-state index in [1.807, 2.05) is 73.7 Å². The SMILES string of the molecule is Cc1ccc(S(=O)(=O)N[C@H](c2ccccc2)[C@H](N=Cc2cc(C(C)(C)C)cc(C(C)(C)C)c2O)c2ccccc2)cc1. The Morgan fingerprint density at radius 2 is 1.31 bits per heavy atom. The van der Waals surface area contributed by atoms with Gasteiger partial charge < -0.3 is 5.11 Å². The number of rotatable bonds is 8. The molecule has 0 bridgehead atoms. The Labute approximate surface area is 251 Å². The van der Waals surface area contributed by atoms with E-state index in [9.17, 15) is 13.5 Å². The van der Waals surface area contributed by atoms with Crippen molar-refractivity contribution in [3.63, 3.8) is 0 Å². The molecule has 0 fully saturated rings. The molecule has 0 spiro atoms. The molecule has 220 valence electrons. The van der Waals surface area contributed by atoms with Crippen LogP contribution in [-0.2, 0) is 20.9 Å². The summed E-state index contributed by atoms with van der Waals surface area (Å²) in [5.74, 6) is 0.183. The molecule has 2 atom stereocenters. The zero-order valence-corrected chi connectivity index (χ0v) is 26.4. The standard InChI is InChI=1S/C36H42N2O3S/c1-25-18-20-30(21-19-25)42(40,41)38-33(27-16-12-9-13-17-27)32(26-14-10-8-11-15-26)37-24-28-22-29(35(2,3)4)23-31(34(28)39)36(5,6)7/h8-24,32-33,38-39H,1-7H3/t32-,33-/m1/s1. The molecule has 0 amide bonds. The highest BCUT2D eigenvalue weighted by Gasteiger charge is 2.30. The minimum absolute atomic E-state index is 0.147. The molecule has 4 aromatic carbocycles. The molecule has 0 saturated heterocycles. The number of nitrogens with zero attached hydrogens (tertiary/aromatic N) is 1. The van der Waals surface area contributed by atoms with Gasteiger partial charge in [-0.1, -0.05) is 126 Å². The maximum absolute atomic E-state index is 13.7. The van der Waals surface area contributed by atoms with E-state index in [2.05, 4.69) is 52.3 Å². The fourth-order valence-electron chi connectivity index (χ4n) is 4.86. The Balaban J connectivity index is 1.88.